The molecule has 152 valence electrons. The van der Waals surface area contributed by atoms with Gasteiger partial charge in [0.2, 0.25) is 5.91 Å². The summed E-state index contributed by atoms with van der Waals surface area (Å²) in [5.74, 6) is -0.391. The van der Waals surface area contributed by atoms with Crippen molar-refractivity contribution in [1.29, 1.82) is 0 Å². The maximum absolute atomic E-state index is 12.5. The molecule has 29 heavy (non-hydrogen) atoms. The maximum atomic E-state index is 12.5. The number of hydrogen-bond donors (Lipinski definition) is 3. The first kappa shape index (κ1) is 20.4. The standard InChI is InChI=1S/C22H26N4O3/c1-2-23-21(28)16-7-5-9-18(13-16)24-15-20(27)25-19-10-6-8-17(14-19)22(29)26-11-3-4-12-26/h5-10,13-14,24H,2-4,11-12,15H2,1H3,(H,23,28)(H,25,27). The quantitative estimate of drug-likeness (QED) is 0.674. The van der Waals surface area contributed by atoms with Gasteiger partial charge in [0, 0.05) is 42.1 Å². The fraction of sp³-hybridized carbons (Fsp3) is 0.318. The van der Waals surface area contributed by atoms with Gasteiger partial charge in [-0.3, -0.25) is 14.4 Å². The molecule has 7 nitrogen and oxygen atoms in total. The molecule has 3 N–H and O–H groups in total. The monoisotopic (exact) mass is 394 g/mol. The Balaban J connectivity index is 1.56. The van der Waals surface area contributed by atoms with E-state index in [1.807, 2.05) is 11.8 Å². The van der Waals surface area contributed by atoms with Crippen molar-refractivity contribution in [3.63, 3.8) is 0 Å². The molecule has 0 aromatic heterocycles. The second kappa shape index (κ2) is 9.73. The van der Waals surface area contributed by atoms with Crippen LogP contribution in [0.1, 0.15) is 40.5 Å². The summed E-state index contributed by atoms with van der Waals surface area (Å²) in [5.41, 5.74) is 2.37. The maximum Gasteiger partial charge on any atom is 0.253 e. The Bertz CT molecular complexity index is 891. The normalized spacial score (nSPS) is 13.1. The number of amides is 3. The molecule has 0 aliphatic carbocycles. The third-order valence-electron chi connectivity index (χ3n) is 4.70. The average molecular weight is 394 g/mol. The smallest absolute Gasteiger partial charge is 0.253 e. The van der Waals surface area contributed by atoms with Gasteiger partial charge in [-0.25, -0.2) is 0 Å². The topological polar surface area (TPSA) is 90.5 Å². The van der Waals surface area contributed by atoms with Crippen LogP contribution in [0.2, 0.25) is 0 Å². The number of anilines is 2. The second-order valence-corrected chi connectivity index (χ2v) is 6.92. The molecule has 7 heteroatoms. The molecular formula is C22H26N4O3. The number of nitrogens with zero attached hydrogens (tertiary/aromatic N) is 1. The highest BCUT2D eigenvalue weighted by atomic mass is 16.2. The van der Waals surface area contributed by atoms with Crippen molar-refractivity contribution in [2.75, 3.05) is 36.8 Å². The zero-order chi connectivity index (χ0) is 20.6. The molecule has 2 aromatic rings. The minimum Gasteiger partial charge on any atom is -0.376 e. The van der Waals surface area contributed by atoms with Gasteiger partial charge in [-0.05, 0) is 56.2 Å². The van der Waals surface area contributed by atoms with Crippen LogP contribution in [0, 0.1) is 0 Å². The van der Waals surface area contributed by atoms with Crippen molar-refractivity contribution in [2.24, 2.45) is 0 Å². The van der Waals surface area contributed by atoms with E-state index in [4.69, 9.17) is 0 Å². The van der Waals surface area contributed by atoms with E-state index < -0.39 is 0 Å². The molecule has 1 fully saturated rings. The summed E-state index contributed by atoms with van der Waals surface area (Å²) in [4.78, 5) is 38.5. The van der Waals surface area contributed by atoms with Crippen LogP contribution in [0.3, 0.4) is 0 Å². The van der Waals surface area contributed by atoms with E-state index in [0.29, 0.717) is 29.0 Å². The van der Waals surface area contributed by atoms with Crippen molar-refractivity contribution in [1.82, 2.24) is 10.2 Å². The Hall–Kier alpha value is -3.35. The molecule has 0 bridgehead atoms. The van der Waals surface area contributed by atoms with Crippen LogP contribution in [0.15, 0.2) is 48.5 Å². The van der Waals surface area contributed by atoms with Crippen LogP contribution in [0.5, 0.6) is 0 Å². The lowest BCUT2D eigenvalue weighted by molar-refractivity contribution is -0.114. The zero-order valence-electron chi connectivity index (χ0n) is 16.5. The van der Waals surface area contributed by atoms with Crippen LogP contribution in [-0.2, 0) is 4.79 Å². The summed E-state index contributed by atoms with van der Waals surface area (Å²) in [6.07, 6.45) is 2.07. The largest absolute Gasteiger partial charge is 0.376 e. The Labute approximate surface area is 170 Å². The first-order valence-corrected chi connectivity index (χ1v) is 9.88. The molecule has 0 saturated carbocycles. The number of hydrogen-bond acceptors (Lipinski definition) is 4. The van der Waals surface area contributed by atoms with Gasteiger partial charge in [0.25, 0.3) is 11.8 Å². The molecule has 1 heterocycles. The summed E-state index contributed by atoms with van der Waals surface area (Å²) < 4.78 is 0. The van der Waals surface area contributed by atoms with Gasteiger partial charge in [-0.15, -0.1) is 0 Å². The number of rotatable bonds is 7. The average Bonchev–Trinajstić information content (AvgIpc) is 3.27. The summed E-state index contributed by atoms with van der Waals surface area (Å²) in [7, 11) is 0. The summed E-state index contributed by atoms with van der Waals surface area (Å²) >= 11 is 0. The molecule has 2 aromatic carbocycles. The SMILES string of the molecule is CCNC(=O)c1cccc(NCC(=O)Nc2cccc(C(=O)N3CCCC3)c2)c1. The highest BCUT2D eigenvalue weighted by molar-refractivity contribution is 5.98. The molecule has 1 saturated heterocycles. The Morgan fingerprint density at radius 3 is 2.31 bits per heavy atom. The van der Waals surface area contributed by atoms with Crippen molar-refractivity contribution >= 4 is 29.1 Å². The molecule has 0 unspecified atom stereocenters. The van der Waals surface area contributed by atoms with Gasteiger partial charge in [-0.1, -0.05) is 12.1 Å². The van der Waals surface area contributed by atoms with E-state index in [9.17, 15) is 14.4 Å². The van der Waals surface area contributed by atoms with Gasteiger partial charge in [0.1, 0.15) is 0 Å². The van der Waals surface area contributed by atoms with E-state index in [1.54, 1.807) is 48.5 Å². The molecule has 1 aliphatic heterocycles. The fourth-order valence-electron chi connectivity index (χ4n) is 3.25. The highest BCUT2D eigenvalue weighted by Gasteiger charge is 2.19. The van der Waals surface area contributed by atoms with Gasteiger partial charge in [0.05, 0.1) is 6.54 Å². The lowest BCUT2D eigenvalue weighted by Gasteiger charge is -2.16. The van der Waals surface area contributed by atoms with Crippen molar-refractivity contribution in [2.45, 2.75) is 19.8 Å². The summed E-state index contributed by atoms with van der Waals surface area (Å²) in [6, 6.07) is 14.0. The number of nitrogens with one attached hydrogen (secondary N) is 3. The second-order valence-electron chi connectivity index (χ2n) is 6.92. The minimum absolute atomic E-state index is 0.00102. The zero-order valence-corrected chi connectivity index (χ0v) is 16.5. The van der Waals surface area contributed by atoms with Crippen molar-refractivity contribution < 1.29 is 14.4 Å². The molecule has 3 amide bonds. The number of likely N-dealkylation sites (tertiary alicyclic amines) is 1. The van der Waals surface area contributed by atoms with Crippen LogP contribution >= 0.6 is 0 Å². The van der Waals surface area contributed by atoms with Crippen LogP contribution < -0.4 is 16.0 Å². The summed E-state index contributed by atoms with van der Waals surface area (Å²) in [5, 5.41) is 8.57. The first-order chi connectivity index (χ1) is 14.1. The minimum atomic E-state index is -0.237. The molecule has 0 radical (unpaired) electrons. The van der Waals surface area contributed by atoms with E-state index in [2.05, 4.69) is 16.0 Å². The van der Waals surface area contributed by atoms with Gasteiger partial charge >= 0.3 is 0 Å². The van der Waals surface area contributed by atoms with E-state index in [0.717, 1.165) is 25.9 Å². The first-order valence-electron chi connectivity index (χ1n) is 9.88. The number of carbonyl (C=O) groups excluding carboxylic acids is 3. The predicted octanol–water partition coefficient (Wildman–Crippen LogP) is 2.72. The van der Waals surface area contributed by atoms with Gasteiger partial charge in [0.15, 0.2) is 0 Å². The fourth-order valence-corrected chi connectivity index (χ4v) is 3.25. The Kier molecular flexibility index (Phi) is 6.84. The van der Waals surface area contributed by atoms with E-state index in [1.165, 1.54) is 0 Å². The molecular weight excluding hydrogens is 368 g/mol. The van der Waals surface area contributed by atoms with E-state index in [-0.39, 0.29) is 24.3 Å². The third kappa shape index (κ3) is 5.57. The number of carbonyl (C=O) groups is 3. The highest BCUT2D eigenvalue weighted by Crippen LogP contribution is 2.16. The lowest BCUT2D eigenvalue weighted by atomic mass is 10.1. The Morgan fingerprint density at radius 1 is 0.931 bits per heavy atom. The van der Waals surface area contributed by atoms with Crippen LogP contribution in [0.4, 0.5) is 11.4 Å². The van der Waals surface area contributed by atoms with Gasteiger partial charge in [-0.2, -0.15) is 0 Å². The third-order valence-corrected chi connectivity index (χ3v) is 4.70. The summed E-state index contributed by atoms with van der Waals surface area (Å²) in [6.45, 7) is 4.03. The van der Waals surface area contributed by atoms with E-state index >= 15 is 0 Å². The molecule has 3 rings (SSSR count). The molecule has 0 atom stereocenters. The predicted molar refractivity (Wildman–Crippen MR) is 113 cm³/mol. The number of benzene rings is 2. The van der Waals surface area contributed by atoms with Crippen LogP contribution in [0.25, 0.3) is 0 Å². The molecule has 0 spiro atoms. The van der Waals surface area contributed by atoms with Gasteiger partial charge < -0.3 is 20.9 Å². The molecule has 1 aliphatic rings. The lowest BCUT2D eigenvalue weighted by Crippen LogP contribution is -2.27. The van der Waals surface area contributed by atoms with Crippen molar-refractivity contribution in [3.8, 4) is 0 Å². The Morgan fingerprint density at radius 2 is 1.59 bits per heavy atom. The van der Waals surface area contributed by atoms with Crippen molar-refractivity contribution in [3.05, 3.63) is 59.7 Å². The van der Waals surface area contributed by atoms with Crippen LogP contribution in [-0.4, -0.2) is 48.8 Å².